The lowest BCUT2D eigenvalue weighted by molar-refractivity contribution is -0.142. The third-order valence-electron chi connectivity index (χ3n) is 4.53. The van der Waals surface area contributed by atoms with Crippen LogP contribution in [0.5, 0.6) is 0 Å². The summed E-state index contributed by atoms with van der Waals surface area (Å²) in [6.07, 6.45) is 8.64. The van der Waals surface area contributed by atoms with Crippen LogP contribution < -0.4 is 5.32 Å². The van der Waals surface area contributed by atoms with Crippen molar-refractivity contribution < 1.29 is 14.6 Å². The maximum atomic E-state index is 10.9. The van der Waals surface area contributed by atoms with Gasteiger partial charge in [-0.2, -0.15) is 0 Å². The summed E-state index contributed by atoms with van der Waals surface area (Å²) in [6.45, 7) is 3.07. The number of carboxylic acids is 1. The highest BCUT2D eigenvalue weighted by Gasteiger charge is 2.29. The first-order chi connectivity index (χ1) is 9.19. The molecule has 0 bridgehead atoms. The van der Waals surface area contributed by atoms with E-state index in [1.54, 1.807) is 0 Å². The number of hydrogen-bond acceptors (Lipinski definition) is 3. The van der Waals surface area contributed by atoms with Gasteiger partial charge < -0.3 is 15.2 Å². The zero-order valence-electron chi connectivity index (χ0n) is 11.9. The lowest BCUT2D eigenvalue weighted by Gasteiger charge is -2.35. The molecule has 0 radical (unpaired) electrons. The molecule has 4 nitrogen and oxygen atoms in total. The van der Waals surface area contributed by atoms with Crippen molar-refractivity contribution in [2.24, 2.45) is 5.92 Å². The quantitative estimate of drug-likeness (QED) is 0.805. The SMILES string of the molecule is CCCC1CC(NC2CCC(C(=O)O)CC2)CCO1. The van der Waals surface area contributed by atoms with Gasteiger partial charge in [-0.05, 0) is 44.9 Å². The average molecular weight is 269 g/mol. The molecule has 110 valence electrons. The fraction of sp³-hybridized carbons (Fsp3) is 0.933. The molecule has 0 aromatic carbocycles. The Morgan fingerprint density at radius 1 is 1.21 bits per heavy atom. The predicted octanol–water partition coefficient (Wildman–Crippen LogP) is 2.57. The van der Waals surface area contributed by atoms with Crippen LogP contribution in [0.4, 0.5) is 0 Å². The minimum Gasteiger partial charge on any atom is -0.481 e. The Morgan fingerprint density at radius 3 is 2.58 bits per heavy atom. The van der Waals surface area contributed by atoms with E-state index in [9.17, 15) is 4.79 Å². The van der Waals surface area contributed by atoms with E-state index in [2.05, 4.69) is 12.2 Å². The number of rotatable bonds is 5. The number of carboxylic acid groups (broad SMARTS) is 1. The lowest BCUT2D eigenvalue weighted by atomic mass is 9.85. The van der Waals surface area contributed by atoms with Crippen molar-refractivity contribution in [2.75, 3.05) is 6.61 Å². The Kier molecular flexibility index (Phi) is 5.64. The summed E-state index contributed by atoms with van der Waals surface area (Å²) in [5, 5.41) is 12.7. The van der Waals surface area contributed by atoms with Gasteiger partial charge in [0.2, 0.25) is 0 Å². The molecule has 0 aromatic rings. The highest BCUT2D eigenvalue weighted by atomic mass is 16.5. The van der Waals surface area contributed by atoms with Crippen molar-refractivity contribution >= 4 is 5.97 Å². The van der Waals surface area contributed by atoms with E-state index in [-0.39, 0.29) is 5.92 Å². The van der Waals surface area contributed by atoms with Crippen LogP contribution in [-0.2, 0) is 9.53 Å². The molecule has 1 saturated carbocycles. The molecule has 1 aliphatic carbocycles. The van der Waals surface area contributed by atoms with Crippen molar-refractivity contribution in [1.82, 2.24) is 5.32 Å². The zero-order chi connectivity index (χ0) is 13.7. The van der Waals surface area contributed by atoms with E-state index in [4.69, 9.17) is 9.84 Å². The standard InChI is InChI=1S/C15H27NO3/c1-2-3-14-10-13(8-9-19-14)16-12-6-4-11(5-7-12)15(17)18/h11-14,16H,2-10H2,1H3,(H,17,18). The van der Waals surface area contributed by atoms with Crippen LogP contribution in [0.2, 0.25) is 0 Å². The van der Waals surface area contributed by atoms with Gasteiger partial charge in [-0.25, -0.2) is 0 Å². The van der Waals surface area contributed by atoms with Gasteiger partial charge in [-0.3, -0.25) is 4.79 Å². The third-order valence-corrected chi connectivity index (χ3v) is 4.53. The Morgan fingerprint density at radius 2 is 1.95 bits per heavy atom. The monoisotopic (exact) mass is 269 g/mol. The molecule has 0 aromatic heterocycles. The smallest absolute Gasteiger partial charge is 0.306 e. The molecule has 2 aliphatic rings. The fourth-order valence-electron chi connectivity index (χ4n) is 3.40. The summed E-state index contributed by atoms with van der Waals surface area (Å²) in [7, 11) is 0. The number of carbonyl (C=O) groups is 1. The number of nitrogens with one attached hydrogen (secondary N) is 1. The van der Waals surface area contributed by atoms with E-state index < -0.39 is 5.97 Å². The van der Waals surface area contributed by atoms with Gasteiger partial charge in [0, 0.05) is 18.7 Å². The molecule has 4 heteroatoms. The molecular formula is C15H27NO3. The first-order valence-corrected chi connectivity index (χ1v) is 7.79. The van der Waals surface area contributed by atoms with Gasteiger partial charge in [0.15, 0.2) is 0 Å². The Labute approximate surface area is 115 Å². The maximum Gasteiger partial charge on any atom is 0.306 e. The Hall–Kier alpha value is -0.610. The molecule has 19 heavy (non-hydrogen) atoms. The molecule has 1 heterocycles. The van der Waals surface area contributed by atoms with Crippen molar-refractivity contribution in [3.05, 3.63) is 0 Å². The highest BCUT2D eigenvalue weighted by Crippen LogP contribution is 2.26. The number of aliphatic carboxylic acids is 1. The van der Waals surface area contributed by atoms with Crippen LogP contribution in [0.1, 0.15) is 58.3 Å². The molecule has 2 fully saturated rings. The van der Waals surface area contributed by atoms with Crippen molar-refractivity contribution in [2.45, 2.75) is 76.5 Å². The fourth-order valence-corrected chi connectivity index (χ4v) is 3.40. The minimum absolute atomic E-state index is 0.111. The second kappa shape index (κ2) is 7.25. The maximum absolute atomic E-state index is 10.9. The highest BCUT2D eigenvalue weighted by molar-refractivity contribution is 5.70. The van der Waals surface area contributed by atoms with Gasteiger partial charge in [0.1, 0.15) is 0 Å². The van der Waals surface area contributed by atoms with Crippen molar-refractivity contribution in [3.63, 3.8) is 0 Å². The normalized spacial score (nSPS) is 36.1. The Balaban J connectivity index is 1.71. The summed E-state index contributed by atoms with van der Waals surface area (Å²) in [6, 6.07) is 1.08. The van der Waals surface area contributed by atoms with E-state index in [1.807, 2.05) is 0 Å². The summed E-state index contributed by atoms with van der Waals surface area (Å²) in [4.78, 5) is 10.9. The molecule has 1 saturated heterocycles. The lowest BCUT2D eigenvalue weighted by Crippen LogP contribution is -2.45. The zero-order valence-corrected chi connectivity index (χ0v) is 11.9. The van der Waals surface area contributed by atoms with Gasteiger partial charge in [-0.15, -0.1) is 0 Å². The van der Waals surface area contributed by atoms with Gasteiger partial charge >= 0.3 is 5.97 Å². The van der Waals surface area contributed by atoms with Crippen LogP contribution in [0.15, 0.2) is 0 Å². The second-order valence-corrected chi connectivity index (χ2v) is 6.06. The van der Waals surface area contributed by atoms with Crippen LogP contribution in [-0.4, -0.2) is 35.9 Å². The molecule has 1 aliphatic heterocycles. The molecule has 0 spiro atoms. The summed E-state index contributed by atoms with van der Waals surface area (Å²) >= 11 is 0. The molecule has 2 rings (SSSR count). The van der Waals surface area contributed by atoms with Crippen molar-refractivity contribution in [1.29, 1.82) is 0 Å². The topological polar surface area (TPSA) is 58.6 Å². The molecular weight excluding hydrogens is 242 g/mol. The van der Waals surface area contributed by atoms with E-state index in [0.29, 0.717) is 18.2 Å². The van der Waals surface area contributed by atoms with E-state index >= 15 is 0 Å². The van der Waals surface area contributed by atoms with Gasteiger partial charge in [0.05, 0.1) is 12.0 Å². The second-order valence-electron chi connectivity index (χ2n) is 6.06. The molecule has 2 atom stereocenters. The Bertz CT molecular complexity index is 285. The summed E-state index contributed by atoms with van der Waals surface area (Å²) in [5.41, 5.74) is 0. The summed E-state index contributed by atoms with van der Waals surface area (Å²) in [5.74, 6) is -0.729. The average Bonchev–Trinajstić information content (AvgIpc) is 2.40. The van der Waals surface area contributed by atoms with E-state index in [1.165, 1.54) is 6.42 Å². The number of hydrogen-bond donors (Lipinski definition) is 2. The predicted molar refractivity (Wildman–Crippen MR) is 74.2 cm³/mol. The van der Waals surface area contributed by atoms with E-state index in [0.717, 1.165) is 51.6 Å². The van der Waals surface area contributed by atoms with Crippen LogP contribution >= 0.6 is 0 Å². The number of ether oxygens (including phenoxy) is 1. The van der Waals surface area contributed by atoms with Gasteiger partial charge in [0.25, 0.3) is 0 Å². The molecule has 2 N–H and O–H groups in total. The first kappa shape index (κ1) is 14.8. The first-order valence-electron chi connectivity index (χ1n) is 7.79. The summed E-state index contributed by atoms with van der Waals surface area (Å²) < 4.78 is 5.77. The van der Waals surface area contributed by atoms with Crippen LogP contribution in [0, 0.1) is 5.92 Å². The molecule has 0 amide bonds. The minimum atomic E-state index is -0.618. The van der Waals surface area contributed by atoms with Crippen LogP contribution in [0.3, 0.4) is 0 Å². The van der Waals surface area contributed by atoms with Crippen molar-refractivity contribution in [3.8, 4) is 0 Å². The third kappa shape index (κ3) is 4.46. The van der Waals surface area contributed by atoms with Crippen LogP contribution in [0.25, 0.3) is 0 Å². The van der Waals surface area contributed by atoms with Gasteiger partial charge in [-0.1, -0.05) is 13.3 Å². The largest absolute Gasteiger partial charge is 0.481 e. The molecule has 2 unspecified atom stereocenters.